The molecule has 1 aliphatic heterocycles. The van der Waals surface area contributed by atoms with Crippen molar-refractivity contribution in [3.05, 3.63) is 36.0 Å². The lowest BCUT2D eigenvalue weighted by molar-refractivity contribution is -0.121. The fourth-order valence-corrected chi connectivity index (χ4v) is 3.09. The average Bonchev–Trinajstić information content (AvgIpc) is 2.98. The summed E-state index contributed by atoms with van der Waals surface area (Å²) in [6, 6.07) is 8.28. The molecule has 124 valence electrons. The Morgan fingerprint density at radius 3 is 2.83 bits per heavy atom. The monoisotopic (exact) mass is 314 g/mol. The van der Waals surface area contributed by atoms with Gasteiger partial charge < -0.3 is 20.1 Å². The van der Waals surface area contributed by atoms with Gasteiger partial charge in [-0.2, -0.15) is 0 Å². The van der Waals surface area contributed by atoms with Crippen LogP contribution in [0.15, 0.2) is 30.5 Å². The summed E-state index contributed by atoms with van der Waals surface area (Å²) in [5.74, 6) is 0.156. The molecule has 5 nitrogen and oxygen atoms in total. The quantitative estimate of drug-likeness (QED) is 0.849. The van der Waals surface area contributed by atoms with E-state index in [9.17, 15) is 4.79 Å². The number of rotatable bonds is 6. The summed E-state index contributed by atoms with van der Waals surface area (Å²) in [5, 5.41) is 4.29. The highest BCUT2D eigenvalue weighted by Gasteiger charge is 2.14. The normalized spacial score (nSPS) is 16.7. The average molecular weight is 314 g/mol. The van der Waals surface area contributed by atoms with Crippen molar-refractivity contribution >= 4 is 16.8 Å². The molecule has 0 unspecified atom stereocenters. The van der Waals surface area contributed by atoms with E-state index in [1.165, 1.54) is 10.9 Å². The van der Waals surface area contributed by atoms with Crippen LogP contribution in [-0.4, -0.2) is 67.0 Å². The third-order valence-electron chi connectivity index (χ3n) is 4.64. The van der Waals surface area contributed by atoms with Crippen LogP contribution in [0.1, 0.15) is 12.0 Å². The van der Waals surface area contributed by atoms with Crippen LogP contribution in [-0.2, 0) is 11.2 Å². The van der Waals surface area contributed by atoms with Crippen molar-refractivity contribution in [2.45, 2.75) is 12.8 Å². The van der Waals surface area contributed by atoms with Crippen LogP contribution in [0, 0.1) is 0 Å². The highest BCUT2D eigenvalue weighted by molar-refractivity contribution is 5.83. The maximum atomic E-state index is 12.0. The van der Waals surface area contributed by atoms with Gasteiger partial charge in [-0.15, -0.1) is 0 Å². The number of aromatic nitrogens is 1. The molecule has 0 bridgehead atoms. The van der Waals surface area contributed by atoms with E-state index in [1.54, 1.807) is 0 Å². The van der Waals surface area contributed by atoms with Gasteiger partial charge in [0.15, 0.2) is 0 Å². The highest BCUT2D eigenvalue weighted by atomic mass is 16.1. The lowest BCUT2D eigenvalue weighted by Crippen LogP contribution is -2.45. The standard InChI is InChI=1S/C18H26N4O/c1-21-10-12-22(13-11-21)9-7-18(23)19-8-6-15-14-20-17-5-3-2-4-16(15)17/h2-5,14,20H,6-13H2,1H3,(H,19,23). The Kier molecular flexibility index (Phi) is 5.31. The van der Waals surface area contributed by atoms with E-state index in [0.717, 1.165) is 44.7 Å². The first-order chi connectivity index (χ1) is 11.2. The van der Waals surface area contributed by atoms with Crippen LogP contribution in [0.3, 0.4) is 0 Å². The molecular formula is C18H26N4O. The molecule has 2 N–H and O–H groups in total. The second-order valence-corrected chi connectivity index (χ2v) is 6.35. The zero-order valence-electron chi connectivity index (χ0n) is 13.8. The Bertz CT molecular complexity index is 643. The van der Waals surface area contributed by atoms with Crippen LogP contribution in [0.25, 0.3) is 10.9 Å². The van der Waals surface area contributed by atoms with E-state index >= 15 is 0 Å². The number of aromatic amines is 1. The molecular weight excluding hydrogens is 288 g/mol. The maximum Gasteiger partial charge on any atom is 0.221 e. The van der Waals surface area contributed by atoms with Crippen LogP contribution in [0.4, 0.5) is 0 Å². The van der Waals surface area contributed by atoms with Crippen LogP contribution >= 0.6 is 0 Å². The Labute approximate surface area is 137 Å². The molecule has 23 heavy (non-hydrogen) atoms. The van der Waals surface area contributed by atoms with Gasteiger partial charge in [0, 0.05) is 62.8 Å². The molecule has 0 aliphatic carbocycles. The zero-order chi connectivity index (χ0) is 16.1. The summed E-state index contributed by atoms with van der Waals surface area (Å²) in [6.07, 6.45) is 3.50. The molecule has 0 spiro atoms. The first kappa shape index (κ1) is 16.0. The van der Waals surface area contributed by atoms with Gasteiger partial charge in [-0.25, -0.2) is 0 Å². The van der Waals surface area contributed by atoms with E-state index < -0.39 is 0 Å². The fourth-order valence-electron chi connectivity index (χ4n) is 3.09. The molecule has 0 saturated carbocycles. The molecule has 1 amide bonds. The lowest BCUT2D eigenvalue weighted by Gasteiger charge is -2.32. The minimum absolute atomic E-state index is 0.156. The third kappa shape index (κ3) is 4.33. The molecule has 0 radical (unpaired) electrons. The SMILES string of the molecule is CN1CCN(CCC(=O)NCCc2c[nH]c3ccccc23)CC1. The number of carbonyl (C=O) groups is 1. The zero-order valence-corrected chi connectivity index (χ0v) is 13.8. The van der Waals surface area contributed by atoms with Crippen molar-refractivity contribution in [3.8, 4) is 0 Å². The van der Waals surface area contributed by atoms with Crippen molar-refractivity contribution in [2.24, 2.45) is 0 Å². The van der Waals surface area contributed by atoms with E-state index in [-0.39, 0.29) is 5.91 Å². The van der Waals surface area contributed by atoms with Gasteiger partial charge in [0.2, 0.25) is 5.91 Å². The molecule has 3 rings (SSSR count). The first-order valence-corrected chi connectivity index (χ1v) is 8.45. The second kappa shape index (κ2) is 7.62. The summed E-state index contributed by atoms with van der Waals surface area (Å²) in [5.41, 5.74) is 2.42. The number of benzene rings is 1. The summed E-state index contributed by atoms with van der Waals surface area (Å²) in [4.78, 5) is 20.0. The Hall–Kier alpha value is -1.85. The van der Waals surface area contributed by atoms with Crippen molar-refractivity contribution in [2.75, 3.05) is 46.3 Å². The largest absolute Gasteiger partial charge is 0.361 e. The highest BCUT2D eigenvalue weighted by Crippen LogP contribution is 2.17. The number of carbonyl (C=O) groups excluding carboxylic acids is 1. The summed E-state index contributed by atoms with van der Waals surface area (Å²) >= 11 is 0. The molecule has 1 aliphatic rings. The van der Waals surface area contributed by atoms with Crippen molar-refractivity contribution in [3.63, 3.8) is 0 Å². The van der Waals surface area contributed by atoms with Crippen LogP contribution in [0.2, 0.25) is 0 Å². The maximum absolute atomic E-state index is 12.0. The molecule has 1 saturated heterocycles. The van der Waals surface area contributed by atoms with E-state index in [2.05, 4.69) is 39.3 Å². The first-order valence-electron chi connectivity index (χ1n) is 8.45. The molecule has 1 fully saturated rings. The van der Waals surface area contributed by atoms with Crippen molar-refractivity contribution < 1.29 is 4.79 Å². The van der Waals surface area contributed by atoms with Gasteiger partial charge >= 0.3 is 0 Å². The number of likely N-dealkylation sites (N-methyl/N-ethyl adjacent to an activating group) is 1. The summed E-state index contributed by atoms with van der Waals surface area (Å²) in [6.45, 7) is 5.90. The Balaban J connectivity index is 1.38. The van der Waals surface area contributed by atoms with Gasteiger partial charge in [0.25, 0.3) is 0 Å². The lowest BCUT2D eigenvalue weighted by atomic mass is 10.1. The topological polar surface area (TPSA) is 51.4 Å². The van der Waals surface area contributed by atoms with Gasteiger partial charge in [-0.05, 0) is 25.1 Å². The predicted octanol–water partition coefficient (Wildman–Crippen LogP) is 1.46. The van der Waals surface area contributed by atoms with Gasteiger partial charge in [0.1, 0.15) is 0 Å². The minimum atomic E-state index is 0.156. The van der Waals surface area contributed by atoms with Crippen LogP contribution in [0.5, 0.6) is 0 Å². The Morgan fingerprint density at radius 2 is 2.00 bits per heavy atom. The number of hydrogen-bond acceptors (Lipinski definition) is 3. The molecule has 2 aromatic rings. The van der Waals surface area contributed by atoms with E-state index in [1.807, 2.05) is 18.3 Å². The predicted molar refractivity (Wildman–Crippen MR) is 93.6 cm³/mol. The molecule has 1 aromatic carbocycles. The number of nitrogens with zero attached hydrogens (tertiary/aromatic N) is 2. The summed E-state index contributed by atoms with van der Waals surface area (Å²) in [7, 11) is 2.15. The molecule has 2 heterocycles. The van der Waals surface area contributed by atoms with E-state index in [0.29, 0.717) is 13.0 Å². The van der Waals surface area contributed by atoms with Crippen molar-refractivity contribution in [1.82, 2.24) is 20.1 Å². The summed E-state index contributed by atoms with van der Waals surface area (Å²) < 4.78 is 0. The smallest absolute Gasteiger partial charge is 0.221 e. The number of amides is 1. The number of para-hydroxylation sites is 1. The van der Waals surface area contributed by atoms with E-state index in [4.69, 9.17) is 0 Å². The fraction of sp³-hybridized carbons (Fsp3) is 0.500. The van der Waals surface area contributed by atoms with Crippen LogP contribution < -0.4 is 5.32 Å². The number of fused-ring (bicyclic) bond motifs is 1. The Morgan fingerprint density at radius 1 is 1.22 bits per heavy atom. The number of nitrogens with one attached hydrogen (secondary N) is 2. The molecule has 1 aromatic heterocycles. The number of piperazine rings is 1. The third-order valence-corrected chi connectivity index (χ3v) is 4.64. The van der Waals surface area contributed by atoms with Gasteiger partial charge in [0.05, 0.1) is 0 Å². The van der Waals surface area contributed by atoms with Gasteiger partial charge in [-0.1, -0.05) is 18.2 Å². The number of H-pyrrole nitrogens is 1. The molecule has 5 heteroatoms. The van der Waals surface area contributed by atoms with Gasteiger partial charge in [-0.3, -0.25) is 4.79 Å². The van der Waals surface area contributed by atoms with Crippen molar-refractivity contribution in [1.29, 1.82) is 0 Å². The second-order valence-electron chi connectivity index (χ2n) is 6.35. The number of hydrogen-bond donors (Lipinski definition) is 2. The molecule has 0 atom stereocenters. The minimum Gasteiger partial charge on any atom is -0.361 e.